The first-order valence-corrected chi connectivity index (χ1v) is 11.2. The minimum absolute atomic E-state index is 0.166. The highest BCUT2D eigenvalue weighted by Gasteiger charge is 2.35. The Morgan fingerprint density at radius 3 is 1.59 bits per heavy atom. The first-order chi connectivity index (χ1) is 15.7. The summed E-state index contributed by atoms with van der Waals surface area (Å²) < 4.78 is 0. The number of carbonyl (C=O) groups is 6. The number of carbonyl (C=O) groups excluding carboxylic acids is 2. The third-order valence-electron chi connectivity index (χ3n) is 5.53. The van der Waals surface area contributed by atoms with E-state index in [1.165, 1.54) is 6.92 Å². The van der Waals surface area contributed by atoms with Crippen LogP contribution in [0, 0.1) is 23.7 Å². The van der Waals surface area contributed by atoms with Crippen LogP contribution in [-0.4, -0.2) is 81.0 Å². The van der Waals surface area contributed by atoms with Crippen LogP contribution in [0.2, 0.25) is 0 Å². The number of ketones is 2. The van der Waals surface area contributed by atoms with Gasteiger partial charge in [0.2, 0.25) is 0 Å². The maximum absolute atomic E-state index is 12.7. The first kappa shape index (κ1) is 31.1. The average Bonchev–Trinajstić information content (AvgIpc) is 2.73. The lowest BCUT2D eigenvalue weighted by Gasteiger charge is -2.22. The van der Waals surface area contributed by atoms with Gasteiger partial charge in [0.05, 0.1) is 6.04 Å². The Kier molecular flexibility index (Phi) is 13.8. The van der Waals surface area contributed by atoms with Gasteiger partial charge in [-0.15, -0.1) is 0 Å². The number of hydrogen-bond donors (Lipinski definition) is 6. The Hall–Kier alpha value is -2.86. The number of carboxylic acids is 4. The molecule has 0 heterocycles. The molecule has 0 saturated heterocycles. The molecular formula is C22H36N2O10. The molecule has 0 spiro atoms. The number of aliphatic carboxylic acids is 4. The Labute approximate surface area is 198 Å². The number of rotatable bonds is 19. The second kappa shape index (κ2) is 15.1. The molecule has 0 aromatic rings. The van der Waals surface area contributed by atoms with Crippen LogP contribution in [0.3, 0.4) is 0 Å². The van der Waals surface area contributed by atoms with Gasteiger partial charge in [-0.1, -0.05) is 27.7 Å². The topological polar surface area (TPSA) is 207 Å². The quantitative estimate of drug-likeness (QED) is 0.108. The lowest BCUT2D eigenvalue weighted by Crippen LogP contribution is -2.44. The van der Waals surface area contributed by atoms with Crippen LogP contribution >= 0.6 is 0 Å². The summed E-state index contributed by atoms with van der Waals surface area (Å²) in [7, 11) is 0. The van der Waals surface area contributed by atoms with Gasteiger partial charge in [0.25, 0.3) is 0 Å². The number of hydrogen-bond acceptors (Lipinski definition) is 8. The molecule has 0 radical (unpaired) electrons. The Morgan fingerprint density at radius 2 is 1.18 bits per heavy atom. The van der Waals surface area contributed by atoms with Crippen molar-refractivity contribution in [1.82, 2.24) is 10.6 Å². The third kappa shape index (κ3) is 10.4. The summed E-state index contributed by atoms with van der Waals surface area (Å²) in [6, 6.07) is -2.19. The highest BCUT2D eigenvalue weighted by Crippen LogP contribution is 2.19. The highest BCUT2D eigenvalue weighted by atomic mass is 16.4. The van der Waals surface area contributed by atoms with E-state index in [1.54, 1.807) is 20.8 Å². The molecule has 34 heavy (non-hydrogen) atoms. The average molecular weight is 489 g/mol. The smallest absolute Gasteiger partial charge is 0.320 e. The number of likely N-dealkylation sites (N-methyl/N-ethyl adjacent to an activating group) is 1. The molecular weight excluding hydrogens is 452 g/mol. The van der Waals surface area contributed by atoms with Crippen LogP contribution in [-0.2, 0) is 28.8 Å². The predicted molar refractivity (Wildman–Crippen MR) is 119 cm³/mol. The molecule has 0 saturated carbocycles. The summed E-state index contributed by atoms with van der Waals surface area (Å²) in [5.74, 6) is -11.1. The van der Waals surface area contributed by atoms with Crippen molar-refractivity contribution in [2.75, 3.05) is 13.1 Å². The van der Waals surface area contributed by atoms with Crippen molar-refractivity contribution in [3.8, 4) is 0 Å². The molecule has 6 N–H and O–H groups in total. The fourth-order valence-electron chi connectivity index (χ4n) is 3.51. The molecule has 0 bridgehead atoms. The van der Waals surface area contributed by atoms with Gasteiger partial charge in [-0.05, 0) is 38.8 Å². The molecule has 4 atom stereocenters. The molecule has 0 aromatic carbocycles. The molecule has 0 aliphatic carbocycles. The van der Waals surface area contributed by atoms with E-state index in [0.29, 0.717) is 13.0 Å². The van der Waals surface area contributed by atoms with Gasteiger partial charge in [-0.25, -0.2) is 0 Å². The van der Waals surface area contributed by atoms with Gasteiger partial charge in [0.1, 0.15) is 17.7 Å². The van der Waals surface area contributed by atoms with Gasteiger partial charge in [0.15, 0.2) is 11.7 Å². The Bertz CT molecular complexity index is 738. The van der Waals surface area contributed by atoms with Crippen LogP contribution in [0.1, 0.15) is 53.4 Å². The first-order valence-electron chi connectivity index (χ1n) is 11.2. The zero-order valence-electron chi connectivity index (χ0n) is 19.9. The maximum atomic E-state index is 12.7. The molecule has 12 nitrogen and oxygen atoms in total. The van der Waals surface area contributed by atoms with Crippen LogP contribution < -0.4 is 10.6 Å². The summed E-state index contributed by atoms with van der Waals surface area (Å²) in [6.07, 6.45) is -0.269. The van der Waals surface area contributed by atoms with Gasteiger partial charge in [-0.2, -0.15) is 0 Å². The molecule has 4 unspecified atom stereocenters. The molecule has 194 valence electrons. The van der Waals surface area contributed by atoms with Gasteiger partial charge >= 0.3 is 23.9 Å². The fourth-order valence-corrected chi connectivity index (χ4v) is 3.51. The Morgan fingerprint density at radius 1 is 0.676 bits per heavy atom. The maximum Gasteiger partial charge on any atom is 0.320 e. The van der Waals surface area contributed by atoms with E-state index in [9.17, 15) is 39.0 Å². The molecule has 0 aromatic heterocycles. The zero-order chi connectivity index (χ0) is 26.6. The molecule has 0 rings (SSSR count). The predicted octanol–water partition coefficient (Wildman–Crippen LogP) is 0.484. The third-order valence-corrected chi connectivity index (χ3v) is 5.53. The van der Waals surface area contributed by atoms with Crippen LogP contribution in [0.15, 0.2) is 0 Å². The van der Waals surface area contributed by atoms with Crippen molar-refractivity contribution in [3.05, 3.63) is 0 Å². The second-order valence-electron chi connectivity index (χ2n) is 8.55. The highest BCUT2D eigenvalue weighted by molar-refractivity contribution is 5.99. The van der Waals surface area contributed by atoms with Gasteiger partial charge in [-0.3, -0.25) is 28.8 Å². The Balaban J connectivity index is 5.07. The summed E-state index contributed by atoms with van der Waals surface area (Å²) in [4.78, 5) is 70.4. The van der Waals surface area contributed by atoms with Crippen LogP contribution in [0.25, 0.3) is 0 Å². The zero-order valence-corrected chi connectivity index (χ0v) is 19.9. The SMILES string of the molecule is CCNC(CC(C(=O)O)C(=O)C(C)CCCNC(CC(C(=O)O)C(=O)O)C(=O)C(C)C)C(=O)O. The van der Waals surface area contributed by atoms with Crippen molar-refractivity contribution < 1.29 is 49.2 Å². The monoisotopic (exact) mass is 488 g/mol. The van der Waals surface area contributed by atoms with Gasteiger partial charge < -0.3 is 31.1 Å². The van der Waals surface area contributed by atoms with E-state index >= 15 is 0 Å². The van der Waals surface area contributed by atoms with Crippen molar-refractivity contribution >= 4 is 35.4 Å². The van der Waals surface area contributed by atoms with Crippen molar-refractivity contribution in [1.29, 1.82) is 0 Å². The van der Waals surface area contributed by atoms with Crippen molar-refractivity contribution in [2.24, 2.45) is 23.7 Å². The lowest BCUT2D eigenvalue weighted by molar-refractivity contribution is -0.156. The fraction of sp³-hybridized carbons (Fsp3) is 0.727. The summed E-state index contributed by atoms with van der Waals surface area (Å²) in [6.45, 7) is 6.87. The molecule has 0 aliphatic heterocycles. The lowest BCUT2D eigenvalue weighted by atomic mass is 9.86. The number of carboxylic acid groups (broad SMARTS) is 4. The summed E-state index contributed by atoms with van der Waals surface area (Å²) >= 11 is 0. The van der Waals surface area contributed by atoms with Crippen LogP contribution in [0.5, 0.6) is 0 Å². The van der Waals surface area contributed by atoms with Crippen molar-refractivity contribution in [2.45, 2.75) is 65.5 Å². The van der Waals surface area contributed by atoms with E-state index in [1.807, 2.05) is 0 Å². The molecule has 0 amide bonds. The normalized spacial score (nSPS) is 14.9. The molecule has 12 heteroatoms. The minimum Gasteiger partial charge on any atom is -0.481 e. The molecule has 0 aliphatic rings. The number of nitrogens with one attached hydrogen (secondary N) is 2. The summed E-state index contributed by atoms with van der Waals surface area (Å²) in [5.41, 5.74) is 0. The largest absolute Gasteiger partial charge is 0.481 e. The van der Waals surface area contributed by atoms with Gasteiger partial charge in [0, 0.05) is 11.8 Å². The summed E-state index contributed by atoms with van der Waals surface area (Å²) in [5, 5.41) is 42.3. The number of Topliss-reactive ketones (excluding diaryl/α,β-unsaturated/α-hetero) is 2. The molecule has 0 fully saturated rings. The minimum atomic E-state index is -1.75. The van der Waals surface area contributed by atoms with Crippen molar-refractivity contribution in [3.63, 3.8) is 0 Å². The van der Waals surface area contributed by atoms with E-state index in [4.69, 9.17) is 10.2 Å². The van der Waals surface area contributed by atoms with E-state index < -0.39 is 78.3 Å². The van der Waals surface area contributed by atoms with E-state index in [2.05, 4.69) is 10.6 Å². The van der Waals surface area contributed by atoms with E-state index in [0.717, 1.165) is 0 Å². The van der Waals surface area contributed by atoms with Crippen LogP contribution in [0.4, 0.5) is 0 Å². The standard InChI is InChI=1S/C22H36N2O10/c1-5-23-16(22(33)34)9-13(19(27)28)18(26)12(4)7-6-8-24-15(17(25)11(2)3)10-14(20(29)30)21(31)32/h11-16,23-24H,5-10H2,1-4H3,(H,27,28)(H,29,30)(H,31,32)(H,33,34). The van der Waals surface area contributed by atoms with E-state index in [-0.39, 0.29) is 18.7 Å². The second-order valence-corrected chi connectivity index (χ2v) is 8.55.